The standard InChI is InChI=1S/C16H13F4N3O2.C6H12O/c17-9-3-6(16(18,19)20)4-10(24)13(9)14-8-5-7-1-2-11(25-7)12(8)15(21)23-22-14;7-6-4-2-1-3-5-6/h3-4,7,11,24H,1-2,5H2,(H2,21,23);6-7H,1-5H2. The van der Waals surface area contributed by atoms with Crippen molar-refractivity contribution in [2.75, 3.05) is 5.73 Å². The van der Waals surface area contributed by atoms with Gasteiger partial charge in [0.25, 0.3) is 0 Å². The number of aliphatic hydroxyl groups excluding tert-OH is 1. The van der Waals surface area contributed by atoms with Crippen LogP contribution in [0.15, 0.2) is 12.1 Å². The molecule has 0 spiro atoms. The van der Waals surface area contributed by atoms with Gasteiger partial charge in [-0.15, -0.1) is 10.2 Å². The van der Waals surface area contributed by atoms with Gasteiger partial charge in [-0.05, 0) is 43.4 Å². The van der Waals surface area contributed by atoms with Gasteiger partial charge in [-0.2, -0.15) is 13.2 Å². The molecule has 2 atom stereocenters. The van der Waals surface area contributed by atoms with Crippen molar-refractivity contribution in [2.24, 2.45) is 0 Å². The van der Waals surface area contributed by atoms with Gasteiger partial charge in [0.2, 0.25) is 0 Å². The summed E-state index contributed by atoms with van der Waals surface area (Å²) >= 11 is 0. The van der Waals surface area contributed by atoms with Crippen LogP contribution in [0.3, 0.4) is 0 Å². The number of aromatic hydroxyl groups is 1. The number of hydrogen-bond acceptors (Lipinski definition) is 6. The number of halogens is 4. The van der Waals surface area contributed by atoms with Crippen LogP contribution in [0.2, 0.25) is 0 Å². The van der Waals surface area contributed by atoms with Crippen LogP contribution in [0.25, 0.3) is 11.3 Å². The molecule has 2 aliphatic heterocycles. The maximum Gasteiger partial charge on any atom is 0.416 e. The lowest BCUT2D eigenvalue weighted by molar-refractivity contribution is -0.137. The number of anilines is 1. The molecule has 1 aromatic heterocycles. The topological polar surface area (TPSA) is 101 Å². The number of phenolic OH excluding ortho intramolecular Hbond substituents is 1. The Bertz CT molecular complexity index is 970. The molecule has 6 nitrogen and oxygen atoms in total. The average Bonchev–Trinajstić information content (AvgIpc) is 3.10. The Morgan fingerprint density at radius 1 is 1.03 bits per heavy atom. The Labute approximate surface area is 182 Å². The van der Waals surface area contributed by atoms with Crippen molar-refractivity contribution in [3.8, 4) is 17.0 Å². The molecule has 2 unspecified atom stereocenters. The maximum absolute atomic E-state index is 14.4. The highest BCUT2D eigenvalue weighted by Gasteiger charge is 2.39. The van der Waals surface area contributed by atoms with Crippen molar-refractivity contribution in [3.63, 3.8) is 0 Å². The first-order valence-electron chi connectivity index (χ1n) is 10.7. The molecular weight excluding hydrogens is 430 g/mol. The highest BCUT2D eigenvalue weighted by molar-refractivity contribution is 5.73. The van der Waals surface area contributed by atoms with Crippen molar-refractivity contribution >= 4 is 5.82 Å². The second-order valence-electron chi connectivity index (χ2n) is 8.50. The summed E-state index contributed by atoms with van der Waals surface area (Å²) in [6.45, 7) is 0. The minimum absolute atomic E-state index is 0.00752. The number of aliphatic hydroxyl groups is 1. The van der Waals surface area contributed by atoms with Gasteiger partial charge in [0.1, 0.15) is 17.3 Å². The van der Waals surface area contributed by atoms with Crippen molar-refractivity contribution in [2.45, 2.75) is 75.9 Å². The number of phenols is 1. The molecule has 1 saturated heterocycles. The number of rotatable bonds is 1. The first kappa shape index (κ1) is 22.7. The van der Waals surface area contributed by atoms with Crippen molar-refractivity contribution in [3.05, 3.63) is 34.6 Å². The Morgan fingerprint density at radius 2 is 1.75 bits per heavy atom. The van der Waals surface area contributed by atoms with E-state index in [0.717, 1.165) is 25.7 Å². The van der Waals surface area contributed by atoms with E-state index < -0.39 is 28.9 Å². The van der Waals surface area contributed by atoms with E-state index in [-0.39, 0.29) is 29.8 Å². The van der Waals surface area contributed by atoms with Crippen LogP contribution in [0.1, 0.15) is 67.7 Å². The summed E-state index contributed by atoms with van der Waals surface area (Å²) in [6, 6.07) is 0.824. The van der Waals surface area contributed by atoms with Gasteiger partial charge in [-0.1, -0.05) is 19.3 Å². The molecule has 1 aromatic carbocycles. The third-order valence-corrected chi connectivity index (χ3v) is 6.21. The number of nitrogens with two attached hydrogens (primary N) is 1. The molecule has 2 bridgehead atoms. The summed E-state index contributed by atoms with van der Waals surface area (Å²) in [7, 11) is 0. The molecule has 3 aliphatic rings. The maximum atomic E-state index is 14.4. The quantitative estimate of drug-likeness (QED) is 0.540. The van der Waals surface area contributed by atoms with Gasteiger partial charge in [-0.3, -0.25) is 0 Å². The number of hydrogen-bond donors (Lipinski definition) is 3. The SMILES string of the molecule is Nc1nnc(-c2c(O)cc(C(F)(F)F)cc2F)c2c1C1CCC(C2)O1.OC1CCCCC1. The lowest BCUT2D eigenvalue weighted by Crippen LogP contribution is -2.22. The monoisotopic (exact) mass is 455 g/mol. The van der Waals surface area contributed by atoms with Gasteiger partial charge >= 0.3 is 6.18 Å². The molecule has 32 heavy (non-hydrogen) atoms. The first-order chi connectivity index (χ1) is 15.1. The number of alkyl halides is 3. The summed E-state index contributed by atoms with van der Waals surface area (Å²) in [5, 5.41) is 26.6. The van der Waals surface area contributed by atoms with E-state index in [0.29, 0.717) is 29.7 Å². The molecule has 3 heterocycles. The zero-order valence-electron chi connectivity index (χ0n) is 17.3. The van der Waals surface area contributed by atoms with Crippen molar-refractivity contribution in [1.29, 1.82) is 0 Å². The minimum atomic E-state index is -4.77. The van der Waals surface area contributed by atoms with E-state index in [2.05, 4.69) is 10.2 Å². The third-order valence-electron chi connectivity index (χ3n) is 6.21. The lowest BCUT2D eigenvalue weighted by Gasteiger charge is -2.26. The third kappa shape index (κ3) is 4.52. The normalized spacial score (nSPS) is 22.8. The average molecular weight is 455 g/mol. The molecule has 4 N–H and O–H groups in total. The van der Waals surface area contributed by atoms with E-state index in [1.54, 1.807) is 0 Å². The van der Waals surface area contributed by atoms with E-state index >= 15 is 0 Å². The predicted molar refractivity (Wildman–Crippen MR) is 108 cm³/mol. The molecule has 5 rings (SSSR count). The van der Waals surface area contributed by atoms with Gasteiger partial charge in [0, 0.05) is 12.0 Å². The van der Waals surface area contributed by atoms with Crippen LogP contribution in [-0.4, -0.2) is 32.6 Å². The minimum Gasteiger partial charge on any atom is -0.507 e. The van der Waals surface area contributed by atoms with Crippen LogP contribution >= 0.6 is 0 Å². The van der Waals surface area contributed by atoms with Gasteiger partial charge in [0.05, 0.1) is 29.4 Å². The molecular formula is C22H25F4N3O3. The van der Waals surface area contributed by atoms with Crippen LogP contribution in [0.4, 0.5) is 23.4 Å². The van der Waals surface area contributed by atoms with Gasteiger partial charge < -0.3 is 20.7 Å². The van der Waals surface area contributed by atoms with E-state index in [1.165, 1.54) is 19.3 Å². The van der Waals surface area contributed by atoms with Crippen LogP contribution in [-0.2, 0) is 17.3 Å². The zero-order valence-corrected chi connectivity index (χ0v) is 17.3. The number of ether oxygens (including phenoxy) is 1. The first-order valence-corrected chi connectivity index (χ1v) is 10.7. The fraction of sp³-hybridized carbons (Fsp3) is 0.545. The Balaban J connectivity index is 0.000000300. The summed E-state index contributed by atoms with van der Waals surface area (Å²) in [6.07, 6.45) is 2.69. The fourth-order valence-electron chi connectivity index (χ4n) is 4.63. The number of nitrogen functional groups attached to an aromatic ring is 1. The second kappa shape index (κ2) is 8.82. The molecule has 2 aromatic rings. The second-order valence-corrected chi connectivity index (χ2v) is 8.50. The van der Waals surface area contributed by atoms with Crippen LogP contribution in [0, 0.1) is 5.82 Å². The Hall–Kier alpha value is -2.46. The van der Waals surface area contributed by atoms with Gasteiger partial charge in [-0.25, -0.2) is 4.39 Å². The fourth-order valence-corrected chi connectivity index (χ4v) is 4.63. The molecule has 0 amide bonds. The molecule has 10 heteroatoms. The molecule has 1 saturated carbocycles. The van der Waals surface area contributed by atoms with Gasteiger partial charge in [0.15, 0.2) is 5.82 Å². The number of aromatic nitrogens is 2. The molecule has 0 radical (unpaired) electrons. The Morgan fingerprint density at radius 3 is 2.34 bits per heavy atom. The molecule has 174 valence electrons. The van der Waals surface area contributed by atoms with Crippen LogP contribution in [0.5, 0.6) is 5.75 Å². The zero-order chi connectivity index (χ0) is 23.0. The highest BCUT2D eigenvalue weighted by atomic mass is 19.4. The highest BCUT2D eigenvalue weighted by Crippen LogP contribution is 2.47. The molecule has 1 aliphatic carbocycles. The van der Waals surface area contributed by atoms with Crippen molar-refractivity contribution in [1.82, 2.24) is 10.2 Å². The predicted octanol–water partition coefficient (Wildman–Crippen LogP) is 4.68. The summed E-state index contributed by atoms with van der Waals surface area (Å²) in [4.78, 5) is 0. The summed E-state index contributed by atoms with van der Waals surface area (Å²) in [5.74, 6) is -1.91. The van der Waals surface area contributed by atoms with E-state index in [9.17, 15) is 22.7 Å². The smallest absolute Gasteiger partial charge is 0.416 e. The molecule has 2 fully saturated rings. The summed E-state index contributed by atoms with van der Waals surface area (Å²) < 4.78 is 58.5. The van der Waals surface area contributed by atoms with Crippen LogP contribution < -0.4 is 5.73 Å². The number of fused-ring (bicyclic) bond motifs is 4. The summed E-state index contributed by atoms with van der Waals surface area (Å²) in [5.41, 5.74) is 5.35. The largest absolute Gasteiger partial charge is 0.507 e. The van der Waals surface area contributed by atoms with E-state index in [4.69, 9.17) is 15.6 Å². The lowest BCUT2D eigenvalue weighted by atomic mass is 9.93. The number of nitrogens with zero attached hydrogens (tertiary/aromatic N) is 2. The van der Waals surface area contributed by atoms with E-state index in [1.807, 2.05) is 0 Å². The Kier molecular flexibility index (Phi) is 6.26. The van der Waals surface area contributed by atoms with Crippen molar-refractivity contribution < 1.29 is 32.5 Å². The number of benzene rings is 1.